The largest absolute Gasteiger partial charge is 0.490 e. The maximum absolute atomic E-state index is 11.1. The summed E-state index contributed by atoms with van der Waals surface area (Å²) in [6.07, 6.45) is 1.73. The van der Waals surface area contributed by atoms with E-state index >= 15 is 0 Å². The van der Waals surface area contributed by atoms with Gasteiger partial charge in [-0.2, -0.15) is 5.26 Å². The first kappa shape index (κ1) is 23.6. The van der Waals surface area contributed by atoms with Gasteiger partial charge >= 0.3 is 5.97 Å². The minimum Gasteiger partial charge on any atom is -0.490 e. The third-order valence-electron chi connectivity index (χ3n) is 4.54. The van der Waals surface area contributed by atoms with Gasteiger partial charge in [0.2, 0.25) is 0 Å². The Morgan fingerprint density at radius 3 is 2.44 bits per heavy atom. The van der Waals surface area contributed by atoms with Crippen LogP contribution in [0.15, 0.2) is 60.7 Å². The second-order valence-corrected chi connectivity index (χ2v) is 8.26. The van der Waals surface area contributed by atoms with E-state index in [-0.39, 0.29) is 5.56 Å². The van der Waals surface area contributed by atoms with E-state index < -0.39 is 5.97 Å². The maximum atomic E-state index is 11.1. The van der Waals surface area contributed by atoms with Crippen LogP contribution < -0.4 is 9.47 Å². The van der Waals surface area contributed by atoms with Crippen LogP contribution in [-0.4, -0.2) is 17.7 Å². The van der Waals surface area contributed by atoms with Crippen molar-refractivity contribution in [2.45, 2.75) is 13.5 Å². The molecule has 0 aliphatic rings. The molecule has 0 saturated heterocycles. The molecule has 0 radical (unpaired) electrons. The first-order valence-corrected chi connectivity index (χ1v) is 11.2. The van der Waals surface area contributed by atoms with Crippen LogP contribution in [0.4, 0.5) is 0 Å². The molecule has 0 aliphatic heterocycles. The summed E-state index contributed by atoms with van der Waals surface area (Å²) >= 11 is 8.40. The van der Waals surface area contributed by atoms with Crippen molar-refractivity contribution in [3.8, 4) is 17.6 Å². The van der Waals surface area contributed by atoms with E-state index in [0.717, 1.165) is 14.7 Å². The second kappa shape index (κ2) is 11.0. The number of allylic oxidation sites excluding steroid dienone is 1. The van der Waals surface area contributed by atoms with Crippen LogP contribution in [0.5, 0.6) is 11.5 Å². The van der Waals surface area contributed by atoms with Crippen LogP contribution in [0.3, 0.4) is 0 Å². The van der Waals surface area contributed by atoms with Crippen LogP contribution in [0.1, 0.15) is 34.0 Å². The summed E-state index contributed by atoms with van der Waals surface area (Å²) in [7, 11) is 0. The molecule has 3 rings (SSSR count). The van der Waals surface area contributed by atoms with Crippen molar-refractivity contribution in [1.29, 1.82) is 5.26 Å². The minimum atomic E-state index is -1.01. The predicted octanol–water partition coefficient (Wildman–Crippen LogP) is 6.68. The molecule has 3 aromatic carbocycles. The molecule has 162 valence electrons. The molecule has 32 heavy (non-hydrogen) atoms. The van der Waals surface area contributed by atoms with Crippen LogP contribution in [0, 0.1) is 14.9 Å². The fourth-order valence-corrected chi connectivity index (χ4v) is 3.95. The number of carboxylic acid groups (broad SMARTS) is 1. The standard InChI is InChI=1S/C25H19ClINO4/c1-2-31-23-13-16(11-20(14-28)17-7-9-18(10-8-17)25(29)30)12-22(27)24(23)32-15-19-5-3-4-6-21(19)26/h3-13H,2,15H2,1H3,(H,29,30)/b20-11-. The quantitative estimate of drug-likeness (QED) is 0.189. The Bertz CT molecular complexity index is 1200. The lowest BCUT2D eigenvalue weighted by atomic mass is 10.0. The summed E-state index contributed by atoms with van der Waals surface area (Å²) in [6.45, 7) is 2.63. The first-order valence-electron chi connectivity index (χ1n) is 9.71. The average molecular weight is 560 g/mol. The van der Waals surface area contributed by atoms with E-state index in [2.05, 4.69) is 28.7 Å². The number of nitriles is 1. The number of ether oxygens (including phenoxy) is 2. The van der Waals surface area contributed by atoms with Crippen molar-refractivity contribution in [3.05, 3.63) is 91.5 Å². The number of halogens is 2. The topological polar surface area (TPSA) is 79.5 Å². The van der Waals surface area contributed by atoms with E-state index in [9.17, 15) is 10.1 Å². The van der Waals surface area contributed by atoms with Crippen LogP contribution in [0.2, 0.25) is 5.02 Å². The molecule has 0 amide bonds. The minimum absolute atomic E-state index is 0.166. The van der Waals surface area contributed by atoms with Crippen molar-refractivity contribution in [1.82, 2.24) is 0 Å². The highest BCUT2D eigenvalue weighted by Crippen LogP contribution is 2.36. The van der Waals surface area contributed by atoms with Crippen molar-refractivity contribution in [3.63, 3.8) is 0 Å². The highest BCUT2D eigenvalue weighted by molar-refractivity contribution is 14.1. The molecule has 0 aromatic heterocycles. The Kier molecular flexibility index (Phi) is 8.14. The number of hydrogen-bond acceptors (Lipinski definition) is 4. The molecule has 3 aromatic rings. The number of carbonyl (C=O) groups is 1. The molecule has 0 atom stereocenters. The summed E-state index contributed by atoms with van der Waals surface area (Å²) in [4.78, 5) is 11.1. The Hall–Kier alpha value is -3.02. The summed E-state index contributed by atoms with van der Waals surface area (Å²) < 4.78 is 12.7. The van der Waals surface area contributed by atoms with Gasteiger partial charge in [-0.3, -0.25) is 0 Å². The average Bonchev–Trinajstić information content (AvgIpc) is 2.78. The molecule has 0 saturated carbocycles. The Morgan fingerprint density at radius 2 is 1.81 bits per heavy atom. The second-order valence-electron chi connectivity index (χ2n) is 6.70. The van der Waals surface area contributed by atoms with Gasteiger partial charge in [0.1, 0.15) is 6.61 Å². The molecular weight excluding hydrogens is 541 g/mol. The van der Waals surface area contributed by atoms with Gasteiger partial charge in [-0.25, -0.2) is 4.79 Å². The van der Waals surface area contributed by atoms with Crippen LogP contribution in [0.25, 0.3) is 11.6 Å². The van der Waals surface area contributed by atoms with Crippen molar-refractivity contribution >= 4 is 51.8 Å². The zero-order chi connectivity index (χ0) is 23.1. The normalized spacial score (nSPS) is 11.0. The zero-order valence-corrected chi connectivity index (χ0v) is 20.1. The number of nitrogens with zero attached hydrogens (tertiary/aromatic N) is 1. The predicted molar refractivity (Wildman–Crippen MR) is 133 cm³/mol. The smallest absolute Gasteiger partial charge is 0.335 e. The lowest BCUT2D eigenvalue weighted by Crippen LogP contribution is -2.02. The fourth-order valence-electron chi connectivity index (χ4n) is 2.98. The molecule has 0 spiro atoms. The van der Waals surface area contributed by atoms with Gasteiger partial charge in [0, 0.05) is 10.6 Å². The Morgan fingerprint density at radius 1 is 1.12 bits per heavy atom. The van der Waals surface area contributed by atoms with Crippen molar-refractivity contribution < 1.29 is 19.4 Å². The number of benzene rings is 3. The van der Waals surface area contributed by atoms with E-state index in [1.54, 1.807) is 18.2 Å². The van der Waals surface area contributed by atoms with Gasteiger partial charge in [-0.1, -0.05) is 41.9 Å². The molecule has 0 fully saturated rings. The highest BCUT2D eigenvalue weighted by atomic mass is 127. The van der Waals surface area contributed by atoms with E-state index in [1.807, 2.05) is 43.3 Å². The summed E-state index contributed by atoms with van der Waals surface area (Å²) in [5.74, 6) is 0.160. The van der Waals surface area contributed by atoms with Gasteiger partial charge in [-0.15, -0.1) is 0 Å². The molecule has 1 N–H and O–H groups in total. The van der Waals surface area contributed by atoms with Gasteiger partial charge in [-0.05, 0) is 77.0 Å². The summed E-state index contributed by atoms with van der Waals surface area (Å²) in [6, 6.07) is 19.6. The third kappa shape index (κ3) is 5.81. The lowest BCUT2D eigenvalue weighted by molar-refractivity contribution is 0.0697. The third-order valence-corrected chi connectivity index (χ3v) is 5.71. The molecular formula is C25H19ClINO4. The Labute approximate surface area is 205 Å². The monoisotopic (exact) mass is 559 g/mol. The number of hydrogen-bond donors (Lipinski definition) is 1. The highest BCUT2D eigenvalue weighted by Gasteiger charge is 2.14. The van der Waals surface area contributed by atoms with E-state index in [4.69, 9.17) is 26.2 Å². The number of rotatable bonds is 8. The van der Waals surface area contributed by atoms with Crippen molar-refractivity contribution in [2.24, 2.45) is 0 Å². The molecule has 7 heteroatoms. The van der Waals surface area contributed by atoms with Gasteiger partial charge < -0.3 is 14.6 Å². The number of aromatic carboxylic acids is 1. The molecule has 0 heterocycles. The molecule has 0 aliphatic carbocycles. The summed E-state index contributed by atoms with van der Waals surface area (Å²) in [5.41, 5.74) is 2.84. The van der Waals surface area contributed by atoms with Gasteiger partial charge in [0.25, 0.3) is 0 Å². The van der Waals surface area contributed by atoms with Gasteiger partial charge in [0.05, 0.1) is 27.4 Å². The SMILES string of the molecule is CCOc1cc(/C=C(/C#N)c2ccc(C(=O)O)cc2)cc(I)c1OCc1ccccc1Cl. The zero-order valence-electron chi connectivity index (χ0n) is 17.1. The summed E-state index contributed by atoms with van der Waals surface area (Å²) in [5, 5.41) is 19.3. The Balaban J connectivity index is 1.92. The molecule has 0 bridgehead atoms. The molecule has 5 nitrogen and oxygen atoms in total. The van der Waals surface area contributed by atoms with Crippen LogP contribution in [-0.2, 0) is 6.61 Å². The maximum Gasteiger partial charge on any atom is 0.335 e. The van der Waals surface area contributed by atoms with Gasteiger partial charge in [0.15, 0.2) is 11.5 Å². The fraction of sp³-hybridized carbons (Fsp3) is 0.120. The number of carboxylic acids is 1. The van der Waals surface area contributed by atoms with Crippen LogP contribution >= 0.6 is 34.2 Å². The molecule has 0 unspecified atom stereocenters. The van der Waals surface area contributed by atoms with E-state index in [1.165, 1.54) is 12.1 Å². The first-order chi connectivity index (χ1) is 15.4. The lowest BCUT2D eigenvalue weighted by Gasteiger charge is -2.15. The van der Waals surface area contributed by atoms with Crippen molar-refractivity contribution in [2.75, 3.05) is 6.61 Å². The van der Waals surface area contributed by atoms with E-state index in [0.29, 0.717) is 40.9 Å².